The minimum Gasteiger partial charge on any atom is -0.478 e. The number of para-hydroxylation sites is 1. The minimum absolute atomic E-state index is 0.108. The molecule has 5 N–H and O–H groups in total. The highest BCUT2D eigenvalue weighted by Crippen LogP contribution is 2.32. The maximum atomic E-state index is 13.4. The Morgan fingerprint density at radius 3 is 2.14 bits per heavy atom. The molecule has 3 aromatic rings. The Morgan fingerprint density at radius 1 is 0.918 bits per heavy atom. The van der Waals surface area contributed by atoms with Gasteiger partial charge in [-0.1, -0.05) is 71.9 Å². The first-order valence-electron chi connectivity index (χ1n) is 16.0. The molecule has 248 valence electrons. The number of ketones is 1. The molecule has 1 unspecified atom stereocenters. The summed E-state index contributed by atoms with van der Waals surface area (Å²) in [5.41, 5.74) is 13.1. The number of benzene rings is 3. The zero-order valence-electron chi connectivity index (χ0n) is 27.1. The van der Waals surface area contributed by atoms with Gasteiger partial charge in [0.25, 0.3) is 5.91 Å². The van der Waals surface area contributed by atoms with Crippen LogP contribution in [0.5, 0.6) is 0 Å². The van der Waals surface area contributed by atoms with Crippen molar-refractivity contribution in [2.75, 3.05) is 18.5 Å². The van der Waals surface area contributed by atoms with Gasteiger partial charge < -0.3 is 25.5 Å². The number of hydrogen-bond donors (Lipinski definition) is 5. The first-order valence-corrected chi connectivity index (χ1v) is 16.0. The van der Waals surface area contributed by atoms with Crippen LogP contribution in [0.15, 0.2) is 125 Å². The molecular weight excluding hydrogens is 620 g/mol. The van der Waals surface area contributed by atoms with Crippen molar-refractivity contribution in [1.29, 1.82) is 0 Å². The summed E-state index contributed by atoms with van der Waals surface area (Å²) in [6, 6.07) is 24.6. The molecule has 3 aromatic carbocycles. The molecule has 11 heteroatoms. The number of anilines is 1. The standard InChI is InChI=1S/C38H36N6O5/c1-3-44(4-2)29-19-20-30(32(45)22-29)37-39-35(36(40-37)27-17-15-25(16-18-27)31-23-33(38(47)48)49-43-31)26-13-10-24(11-14-26)12-21-34(46)42-41-28-8-6-5-7-9-28/h5-22,33,39-41H,3-4,23H2,1-2H3,(H,42,46)(H,47,48)/b21-12+,37-30+. The number of carbonyl (C=O) groups is 3. The minimum atomic E-state index is -1.05. The number of oxime groups is 1. The van der Waals surface area contributed by atoms with Gasteiger partial charge in [0.05, 0.1) is 28.4 Å². The molecule has 0 radical (unpaired) electrons. The van der Waals surface area contributed by atoms with Crippen LogP contribution in [0, 0.1) is 0 Å². The summed E-state index contributed by atoms with van der Waals surface area (Å²) in [6.45, 7) is 5.70. The Bertz CT molecular complexity index is 1940. The Kier molecular flexibility index (Phi) is 9.70. The Labute approximate surface area is 284 Å². The summed E-state index contributed by atoms with van der Waals surface area (Å²) < 4.78 is 0. The van der Waals surface area contributed by atoms with E-state index in [-0.39, 0.29) is 18.1 Å². The quantitative estimate of drug-likeness (QED) is 0.142. The average molecular weight is 657 g/mol. The number of carbonyl (C=O) groups excluding carboxylic acids is 2. The molecule has 49 heavy (non-hydrogen) atoms. The van der Waals surface area contributed by atoms with Crippen LogP contribution in [0.4, 0.5) is 5.69 Å². The highest BCUT2D eigenvalue weighted by atomic mass is 16.7. The summed E-state index contributed by atoms with van der Waals surface area (Å²) >= 11 is 0. The van der Waals surface area contributed by atoms with E-state index in [1.807, 2.05) is 91.0 Å². The molecule has 2 aliphatic heterocycles. The molecule has 0 saturated heterocycles. The maximum absolute atomic E-state index is 13.4. The van der Waals surface area contributed by atoms with Crippen LogP contribution in [0.3, 0.4) is 0 Å². The summed E-state index contributed by atoms with van der Waals surface area (Å²) in [4.78, 5) is 44.2. The molecule has 0 spiro atoms. The number of likely N-dealkylation sites (N-methyl/N-ethyl adjacent to an activating group) is 1. The van der Waals surface area contributed by atoms with Crippen LogP contribution in [-0.4, -0.2) is 52.6 Å². The van der Waals surface area contributed by atoms with Crippen LogP contribution < -0.4 is 21.5 Å². The van der Waals surface area contributed by atoms with E-state index in [0.29, 0.717) is 17.1 Å². The largest absolute Gasteiger partial charge is 0.478 e. The zero-order chi connectivity index (χ0) is 34.3. The third-order valence-corrected chi connectivity index (χ3v) is 8.29. The fraction of sp³-hybridized carbons (Fsp3) is 0.158. The predicted octanol–water partition coefficient (Wildman–Crippen LogP) is 5.02. The van der Waals surface area contributed by atoms with Gasteiger partial charge in [-0.3, -0.25) is 20.4 Å². The monoisotopic (exact) mass is 656 g/mol. The van der Waals surface area contributed by atoms with E-state index in [4.69, 9.17) is 4.84 Å². The van der Waals surface area contributed by atoms with Gasteiger partial charge in [-0.15, -0.1) is 0 Å². The van der Waals surface area contributed by atoms with Crippen molar-refractivity contribution in [3.8, 4) is 0 Å². The SMILES string of the molecule is CCN(CC)C1=CC(=O)/C(=C2\NC(c3ccc(/C=C/C(=O)NNc4ccccc4)cc3)=C(c3ccc(C4=NOC(C(=O)O)C4)cc3)N2)C=C1. The lowest BCUT2D eigenvalue weighted by atomic mass is 10.0. The van der Waals surface area contributed by atoms with Crippen molar-refractivity contribution in [3.63, 3.8) is 0 Å². The molecule has 1 aliphatic carbocycles. The second-order valence-corrected chi connectivity index (χ2v) is 11.4. The summed E-state index contributed by atoms with van der Waals surface area (Å²) in [5, 5.41) is 20.1. The van der Waals surface area contributed by atoms with Gasteiger partial charge in [0.2, 0.25) is 6.10 Å². The first kappa shape index (κ1) is 32.6. The van der Waals surface area contributed by atoms with E-state index in [1.54, 1.807) is 12.2 Å². The molecule has 3 aliphatic rings. The number of nitrogens with zero attached hydrogens (tertiary/aromatic N) is 2. The number of hydrazine groups is 1. The number of carboxylic acids is 1. The molecule has 0 saturated carbocycles. The van der Waals surface area contributed by atoms with Gasteiger partial charge in [0.15, 0.2) is 5.78 Å². The molecule has 6 rings (SSSR count). The van der Waals surface area contributed by atoms with Crippen LogP contribution in [-0.2, 0) is 19.2 Å². The highest BCUT2D eigenvalue weighted by Gasteiger charge is 2.29. The molecule has 11 nitrogen and oxygen atoms in total. The first-order chi connectivity index (χ1) is 23.8. The van der Waals surface area contributed by atoms with Gasteiger partial charge in [-0.25, -0.2) is 4.79 Å². The molecule has 2 heterocycles. The maximum Gasteiger partial charge on any atom is 0.348 e. The highest BCUT2D eigenvalue weighted by molar-refractivity contribution is 6.10. The number of hydrogen-bond acceptors (Lipinski definition) is 9. The van der Waals surface area contributed by atoms with E-state index in [9.17, 15) is 19.5 Å². The second-order valence-electron chi connectivity index (χ2n) is 11.4. The molecular formula is C38H36N6O5. The number of carboxylic acid groups (broad SMARTS) is 1. The Balaban J connectivity index is 1.25. The predicted molar refractivity (Wildman–Crippen MR) is 189 cm³/mol. The van der Waals surface area contributed by atoms with Crippen molar-refractivity contribution in [2.24, 2.45) is 5.16 Å². The second kappa shape index (κ2) is 14.6. The van der Waals surface area contributed by atoms with E-state index in [2.05, 4.69) is 45.4 Å². The van der Waals surface area contributed by atoms with Crippen molar-refractivity contribution >= 4 is 46.5 Å². The van der Waals surface area contributed by atoms with Gasteiger partial charge in [0.1, 0.15) is 5.82 Å². The number of aliphatic carboxylic acids is 1. The normalized spacial score (nSPS) is 18.4. The van der Waals surface area contributed by atoms with Gasteiger partial charge >= 0.3 is 5.97 Å². The summed E-state index contributed by atoms with van der Waals surface area (Å²) in [6.07, 6.45) is 7.81. The van der Waals surface area contributed by atoms with Gasteiger partial charge in [0, 0.05) is 48.5 Å². The van der Waals surface area contributed by atoms with Crippen molar-refractivity contribution in [1.82, 2.24) is 21.0 Å². The molecule has 0 fully saturated rings. The number of nitrogens with one attached hydrogen (secondary N) is 4. The molecule has 0 bridgehead atoms. The fourth-order valence-corrected chi connectivity index (χ4v) is 5.62. The lowest BCUT2D eigenvalue weighted by Crippen LogP contribution is -2.27. The number of allylic oxidation sites excluding steroid dienone is 4. The zero-order valence-corrected chi connectivity index (χ0v) is 27.1. The molecule has 1 atom stereocenters. The van der Waals surface area contributed by atoms with Crippen LogP contribution in [0.2, 0.25) is 0 Å². The lowest BCUT2D eigenvalue weighted by molar-refractivity contribution is -0.148. The molecule has 1 amide bonds. The average Bonchev–Trinajstić information content (AvgIpc) is 3.80. The van der Waals surface area contributed by atoms with Crippen LogP contribution in [0.25, 0.3) is 17.5 Å². The van der Waals surface area contributed by atoms with Crippen LogP contribution in [0.1, 0.15) is 42.5 Å². The van der Waals surface area contributed by atoms with Gasteiger partial charge in [-0.2, -0.15) is 0 Å². The van der Waals surface area contributed by atoms with Gasteiger partial charge in [-0.05, 0) is 55.3 Å². The number of rotatable bonds is 11. The lowest BCUT2D eigenvalue weighted by Gasteiger charge is -2.24. The van der Waals surface area contributed by atoms with E-state index in [0.717, 1.165) is 58.1 Å². The van der Waals surface area contributed by atoms with Crippen LogP contribution >= 0.6 is 0 Å². The number of amides is 1. The Morgan fingerprint density at radius 2 is 1.55 bits per heavy atom. The van der Waals surface area contributed by atoms with E-state index >= 15 is 0 Å². The van der Waals surface area contributed by atoms with Crippen molar-refractivity contribution in [2.45, 2.75) is 26.4 Å². The van der Waals surface area contributed by atoms with Crippen molar-refractivity contribution < 1.29 is 24.3 Å². The van der Waals surface area contributed by atoms with Crippen molar-refractivity contribution in [3.05, 3.63) is 143 Å². The Hall–Kier alpha value is -6.36. The fourth-order valence-electron chi connectivity index (χ4n) is 5.62. The third kappa shape index (κ3) is 7.46. The smallest absolute Gasteiger partial charge is 0.348 e. The third-order valence-electron chi connectivity index (χ3n) is 8.29. The van der Waals surface area contributed by atoms with E-state index < -0.39 is 12.1 Å². The summed E-state index contributed by atoms with van der Waals surface area (Å²) in [5.74, 6) is -0.892. The molecule has 0 aromatic heterocycles. The summed E-state index contributed by atoms with van der Waals surface area (Å²) in [7, 11) is 0. The van der Waals surface area contributed by atoms with E-state index in [1.165, 1.54) is 6.08 Å². The topological polar surface area (TPSA) is 144 Å².